The number of carbonyl (C=O) groups is 1. The van der Waals surface area contributed by atoms with Crippen LogP contribution in [-0.2, 0) is 4.79 Å². The molecule has 0 aliphatic rings. The summed E-state index contributed by atoms with van der Waals surface area (Å²) in [6, 6.07) is 5.65. The average molecular weight is 249 g/mol. The van der Waals surface area contributed by atoms with Crippen molar-refractivity contribution < 1.29 is 4.79 Å². The molecular formula is C14H23N3O. The smallest absolute Gasteiger partial charge is 0.241 e. The fraction of sp³-hybridized carbons (Fsp3) is 0.500. The molecule has 0 aromatic heterocycles. The van der Waals surface area contributed by atoms with Gasteiger partial charge in [-0.15, -0.1) is 0 Å². The molecule has 3 N–H and O–H groups in total. The third kappa shape index (κ3) is 3.47. The number of nitrogens with one attached hydrogen (secondary N) is 1. The van der Waals surface area contributed by atoms with E-state index < -0.39 is 0 Å². The van der Waals surface area contributed by atoms with Crippen molar-refractivity contribution in [2.24, 2.45) is 0 Å². The van der Waals surface area contributed by atoms with E-state index in [9.17, 15) is 4.79 Å². The Morgan fingerprint density at radius 3 is 2.44 bits per heavy atom. The summed E-state index contributed by atoms with van der Waals surface area (Å²) in [4.78, 5) is 14.1. The maximum absolute atomic E-state index is 12.1. The van der Waals surface area contributed by atoms with Crippen LogP contribution in [0.4, 0.5) is 11.4 Å². The molecule has 0 fully saturated rings. The standard InChI is InChI=1S/C14H23N3O/c1-9(2)17(5)11(4)14(18)16-13-7-6-12(15)8-10(13)3/h6-9,11H,15H2,1-5H3,(H,16,18). The molecule has 100 valence electrons. The molecule has 0 bridgehead atoms. The Bertz CT molecular complexity index is 429. The van der Waals surface area contributed by atoms with E-state index in [1.54, 1.807) is 6.07 Å². The number of benzene rings is 1. The lowest BCUT2D eigenvalue weighted by molar-refractivity contribution is -0.120. The number of anilines is 2. The summed E-state index contributed by atoms with van der Waals surface area (Å²) in [6.45, 7) is 7.97. The number of aryl methyl sites for hydroxylation is 1. The van der Waals surface area contributed by atoms with Gasteiger partial charge in [0, 0.05) is 17.4 Å². The van der Waals surface area contributed by atoms with Crippen LogP contribution >= 0.6 is 0 Å². The maximum atomic E-state index is 12.1. The molecule has 1 amide bonds. The summed E-state index contributed by atoms with van der Waals surface area (Å²) < 4.78 is 0. The Morgan fingerprint density at radius 1 is 1.33 bits per heavy atom. The normalized spacial score (nSPS) is 12.8. The van der Waals surface area contributed by atoms with Crippen molar-refractivity contribution in [1.82, 2.24) is 4.90 Å². The van der Waals surface area contributed by atoms with Crippen LogP contribution < -0.4 is 11.1 Å². The molecule has 0 heterocycles. The van der Waals surface area contributed by atoms with Gasteiger partial charge in [-0.05, 0) is 58.5 Å². The average Bonchev–Trinajstić information content (AvgIpc) is 2.30. The molecule has 1 atom stereocenters. The first-order valence-corrected chi connectivity index (χ1v) is 6.22. The van der Waals surface area contributed by atoms with Crippen molar-refractivity contribution in [2.45, 2.75) is 39.8 Å². The van der Waals surface area contributed by atoms with E-state index in [-0.39, 0.29) is 11.9 Å². The van der Waals surface area contributed by atoms with E-state index in [2.05, 4.69) is 19.2 Å². The van der Waals surface area contributed by atoms with Gasteiger partial charge in [0.05, 0.1) is 6.04 Å². The lowest BCUT2D eigenvalue weighted by atomic mass is 10.1. The van der Waals surface area contributed by atoms with Gasteiger partial charge in [0.15, 0.2) is 0 Å². The van der Waals surface area contributed by atoms with Gasteiger partial charge in [-0.1, -0.05) is 0 Å². The second kappa shape index (κ2) is 5.87. The Hall–Kier alpha value is -1.55. The first-order valence-electron chi connectivity index (χ1n) is 6.22. The molecule has 1 rings (SSSR count). The zero-order valence-electron chi connectivity index (χ0n) is 11.8. The number of carbonyl (C=O) groups excluding carboxylic acids is 1. The second-order valence-electron chi connectivity index (χ2n) is 5.00. The lowest BCUT2D eigenvalue weighted by Crippen LogP contribution is -2.43. The highest BCUT2D eigenvalue weighted by atomic mass is 16.2. The summed E-state index contributed by atoms with van der Waals surface area (Å²) in [6.07, 6.45) is 0. The Morgan fingerprint density at radius 2 is 1.94 bits per heavy atom. The number of nitrogen functional groups attached to an aromatic ring is 1. The number of hydrogen-bond acceptors (Lipinski definition) is 3. The van der Waals surface area contributed by atoms with Gasteiger partial charge >= 0.3 is 0 Å². The van der Waals surface area contributed by atoms with Gasteiger partial charge < -0.3 is 11.1 Å². The van der Waals surface area contributed by atoms with Crippen LogP contribution in [0.3, 0.4) is 0 Å². The molecule has 1 unspecified atom stereocenters. The van der Waals surface area contributed by atoms with Crippen molar-refractivity contribution >= 4 is 17.3 Å². The maximum Gasteiger partial charge on any atom is 0.241 e. The zero-order valence-corrected chi connectivity index (χ0v) is 11.8. The minimum absolute atomic E-state index is 0.000860. The van der Waals surface area contributed by atoms with Gasteiger partial charge in [-0.3, -0.25) is 9.69 Å². The van der Waals surface area contributed by atoms with E-state index >= 15 is 0 Å². The molecule has 0 saturated carbocycles. The minimum atomic E-state index is -0.165. The van der Waals surface area contributed by atoms with E-state index in [4.69, 9.17) is 5.73 Å². The van der Waals surface area contributed by atoms with Gasteiger partial charge in [-0.25, -0.2) is 0 Å². The number of amides is 1. The molecule has 18 heavy (non-hydrogen) atoms. The molecule has 4 nitrogen and oxygen atoms in total. The Kier molecular flexibility index (Phi) is 4.73. The summed E-state index contributed by atoms with van der Waals surface area (Å²) >= 11 is 0. The monoisotopic (exact) mass is 249 g/mol. The van der Waals surface area contributed by atoms with Crippen LogP contribution in [0.5, 0.6) is 0 Å². The van der Waals surface area contributed by atoms with E-state index in [1.165, 1.54) is 0 Å². The van der Waals surface area contributed by atoms with Crippen molar-refractivity contribution in [3.63, 3.8) is 0 Å². The van der Waals surface area contributed by atoms with Crippen LogP contribution in [0.2, 0.25) is 0 Å². The molecule has 0 aliphatic heterocycles. The third-order valence-electron chi connectivity index (χ3n) is 3.31. The van der Waals surface area contributed by atoms with Crippen LogP contribution in [0.15, 0.2) is 18.2 Å². The summed E-state index contributed by atoms with van der Waals surface area (Å²) in [5.74, 6) is -0.000860. The van der Waals surface area contributed by atoms with Crippen molar-refractivity contribution in [3.8, 4) is 0 Å². The van der Waals surface area contributed by atoms with Crippen LogP contribution in [0, 0.1) is 6.92 Å². The Labute approximate surface area is 109 Å². The predicted octanol–water partition coefficient (Wildman–Crippen LogP) is 2.24. The predicted molar refractivity (Wildman–Crippen MR) is 76.6 cm³/mol. The lowest BCUT2D eigenvalue weighted by Gasteiger charge is -2.27. The fourth-order valence-corrected chi connectivity index (χ4v) is 1.70. The van der Waals surface area contributed by atoms with Gasteiger partial charge in [0.25, 0.3) is 0 Å². The zero-order chi connectivity index (χ0) is 13.9. The molecule has 4 heteroatoms. The van der Waals surface area contributed by atoms with Gasteiger partial charge in [0.2, 0.25) is 5.91 Å². The molecular weight excluding hydrogens is 226 g/mol. The molecule has 0 saturated heterocycles. The van der Waals surface area contributed by atoms with Crippen LogP contribution in [0.1, 0.15) is 26.3 Å². The van der Waals surface area contributed by atoms with Crippen molar-refractivity contribution in [1.29, 1.82) is 0 Å². The fourth-order valence-electron chi connectivity index (χ4n) is 1.70. The highest BCUT2D eigenvalue weighted by Gasteiger charge is 2.20. The van der Waals surface area contributed by atoms with Gasteiger partial charge in [0.1, 0.15) is 0 Å². The third-order valence-corrected chi connectivity index (χ3v) is 3.31. The first-order chi connectivity index (χ1) is 8.32. The highest BCUT2D eigenvalue weighted by molar-refractivity contribution is 5.95. The number of hydrogen-bond donors (Lipinski definition) is 2. The number of nitrogens with zero attached hydrogens (tertiary/aromatic N) is 1. The van der Waals surface area contributed by atoms with Crippen molar-refractivity contribution in [3.05, 3.63) is 23.8 Å². The summed E-state index contributed by atoms with van der Waals surface area (Å²) in [5, 5.41) is 2.94. The molecule has 1 aromatic rings. The molecule has 0 radical (unpaired) electrons. The van der Waals surface area contributed by atoms with Crippen LogP contribution in [-0.4, -0.2) is 29.9 Å². The number of likely N-dealkylation sites (N-methyl/N-ethyl adjacent to an activating group) is 1. The van der Waals surface area contributed by atoms with E-state index in [0.717, 1.165) is 11.3 Å². The molecule has 0 aliphatic carbocycles. The SMILES string of the molecule is Cc1cc(N)ccc1NC(=O)C(C)N(C)C(C)C. The second-order valence-corrected chi connectivity index (χ2v) is 5.00. The number of rotatable bonds is 4. The van der Waals surface area contributed by atoms with E-state index in [1.807, 2.05) is 37.9 Å². The van der Waals surface area contributed by atoms with E-state index in [0.29, 0.717) is 11.7 Å². The number of nitrogens with two attached hydrogens (primary N) is 1. The summed E-state index contributed by atoms with van der Waals surface area (Å²) in [5.41, 5.74) is 8.18. The summed E-state index contributed by atoms with van der Waals surface area (Å²) in [7, 11) is 1.95. The minimum Gasteiger partial charge on any atom is -0.399 e. The molecule has 0 spiro atoms. The molecule has 1 aromatic carbocycles. The Balaban J connectivity index is 2.75. The highest BCUT2D eigenvalue weighted by Crippen LogP contribution is 2.18. The first kappa shape index (κ1) is 14.5. The van der Waals surface area contributed by atoms with Crippen molar-refractivity contribution in [2.75, 3.05) is 18.1 Å². The largest absolute Gasteiger partial charge is 0.399 e. The van der Waals surface area contributed by atoms with Crippen LogP contribution in [0.25, 0.3) is 0 Å². The topological polar surface area (TPSA) is 58.4 Å². The van der Waals surface area contributed by atoms with Gasteiger partial charge in [-0.2, -0.15) is 0 Å². The quantitative estimate of drug-likeness (QED) is 0.805.